The second-order valence-corrected chi connectivity index (χ2v) is 6.56. The Bertz CT molecular complexity index is 529. The van der Waals surface area contributed by atoms with E-state index in [2.05, 4.69) is 91.0 Å². The summed E-state index contributed by atoms with van der Waals surface area (Å²) < 4.78 is 0. The number of rotatable bonds is 3. The van der Waals surface area contributed by atoms with Crippen molar-refractivity contribution < 1.29 is 40.4 Å². The Labute approximate surface area is 154 Å². The number of hydrogen-bond acceptors (Lipinski definition) is 0. The predicted molar refractivity (Wildman–Crippen MR) is 85.1 cm³/mol. The van der Waals surface area contributed by atoms with Crippen LogP contribution in [0.2, 0.25) is 0 Å². The van der Waals surface area contributed by atoms with Crippen LogP contribution in [-0.4, -0.2) is 0 Å². The molecule has 0 saturated carbocycles. The average molecular weight is 413 g/mol. The molecule has 3 aromatic rings. The molecule has 0 aliphatic heterocycles. The standard InChI is InChI=1S/C18H15P.Sm/c1-4-10-16(11-5-1)19(17-12-6-2-7-13-17)18-14-8-3-9-15-18;/h1-15H;. The third kappa shape index (κ3) is 3.75. The molecule has 0 unspecified atom stereocenters. The second kappa shape index (κ2) is 8.01. The Morgan fingerprint density at radius 2 is 0.650 bits per heavy atom. The fraction of sp³-hybridized carbons (Fsp3) is 0. The van der Waals surface area contributed by atoms with Gasteiger partial charge < -0.3 is 0 Å². The molecular weight excluding hydrogens is 398 g/mol. The quantitative estimate of drug-likeness (QED) is 0.578. The van der Waals surface area contributed by atoms with Crippen LogP contribution in [0.1, 0.15) is 0 Å². The SMILES string of the molecule is [Sm].c1ccc(P(c2ccccc2)c2ccccc2)cc1. The first kappa shape index (κ1) is 15.8. The molecule has 20 heavy (non-hydrogen) atoms. The molecule has 0 spiro atoms. The van der Waals surface area contributed by atoms with Gasteiger partial charge in [0.25, 0.3) is 0 Å². The molecule has 0 N–H and O–H groups in total. The average Bonchev–Trinajstić information content (AvgIpc) is 2.51. The van der Waals surface area contributed by atoms with Gasteiger partial charge in [-0.2, -0.15) is 0 Å². The van der Waals surface area contributed by atoms with E-state index in [1.807, 2.05) is 0 Å². The largest absolute Gasteiger partial charge is 0.0622 e. The van der Waals surface area contributed by atoms with E-state index < -0.39 is 7.92 Å². The summed E-state index contributed by atoms with van der Waals surface area (Å²) in [5.41, 5.74) is 0. The van der Waals surface area contributed by atoms with Crippen molar-refractivity contribution in [2.45, 2.75) is 0 Å². The van der Waals surface area contributed by atoms with Crippen molar-refractivity contribution >= 4 is 23.8 Å². The maximum absolute atomic E-state index is 2.23. The van der Waals surface area contributed by atoms with Crippen molar-refractivity contribution in [3.63, 3.8) is 0 Å². The molecule has 2 heteroatoms. The van der Waals surface area contributed by atoms with E-state index in [1.54, 1.807) is 0 Å². The van der Waals surface area contributed by atoms with Gasteiger partial charge in [0.15, 0.2) is 0 Å². The van der Waals surface area contributed by atoms with E-state index >= 15 is 0 Å². The molecule has 0 aliphatic carbocycles. The Kier molecular flexibility index (Phi) is 6.33. The molecule has 0 amide bonds. The molecule has 0 atom stereocenters. The maximum atomic E-state index is 2.23. The maximum Gasteiger partial charge on any atom is 0 e. The topological polar surface area (TPSA) is 0 Å². The number of hydrogen-bond donors (Lipinski definition) is 0. The summed E-state index contributed by atoms with van der Waals surface area (Å²) >= 11 is 0. The zero-order valence-electron chi connectivity index (χ0n) is 11.0. The normalized spacial score (nSPS) is 10.1. The van der Waals surface area contributed by atoms with Gasteiger partial charge in [-0.15, -0.1) is 0 Å². The van der Waals surface area contributed by atoms with Crippen LogP contribution in [-0.2, 0) is 0 Å². The van der Waals surface area contributed by atoms with Crippen LogP contribution < -0.4 is 15.9 Å². The smallest absolute Gasteiger partial charge is 0 e. The molecule has 0 aliphatic rings. The molecule has 0 nitrogen and oxygen atoms in total. The van der Waals surface area contributed by atoms with Gasteiger partial charge in [-0.1, -0.05) is 91.0 Å². The minimum Gasteiger partial charge on any atom is -0.0622 e. The second-order valence-electron chi connectivity index (χ2n) is 4.34. The van der Waals surface area contributed by atoms with Crippen LogP contribution in [0, 0.1) is 40.4 Å². The van der Waals surface area contributed by atoms with Gasteiger partial charge in [0.05, 0.1) is 0 Å². The van der Waals surface area contributed by atoms with Crippen molar-refractivity contribution in [1.29, 1.82) is 0 Å². The van der Waals surface area contributed by atoms with Gasteiger partial charge in [-0.05, 0) is 23.8 Å². The Hall–Kier alpha value is -0.572. The molecule has 3 aromatic carbocycles. The zero-order valence-corrected chi connectivity index (χ0v) is 14.5. The summed E-state index contributed by atoms with van der Waals surface area (Å²) in [4.78, 5) is 0. The molecule has 98 valence electrons. The van der Waals surface area contributed by atoms with Gasteiger partial charge in [0, 0.05) is 40.4 Å². The molecular formula is C18H15PSm. The first-order valence-corrected chi connectivity index (χ1v) is 7.74. The third-order valence-corrected chi connectivity index (χ3v) is 5.49. The van der Waals surface area contributed by atoms with Crippen LogP contribution in [0.5, 0.6) is 0 Å². The first-order chi connectivity index (χ1) is 9.45. The molecule has 0 radical (unpaired) electrons. The first-order valence-electron chi connectivity index (χ1n) is 6.40. The molecule has 0 heterocycles. The molecule has 0 aromatic heterocycles. The van der Waals surface area contributed by atoms with Gasteiger partial charge >= 0.3 is 0 Å². The Balaban J connectivity index is 0.00000147. The van der Waals surface area contributed by atoms with Crippen molar-refractivity contribution in [3.05, 3.63) is 91.0 Å². The molecule has 0 saturated heterocycles. The summed E-state index contributed by atoms with van der Waals surface area (Å²) in [6, 6.07) is 32.3. The van der Waals surface area contributed by atoms with E-state index in [0.717, 1.165) is 0 Å². The van der Waals surface area contributed by atoms with Gasteiger partial charge in [0.2, 0.25) is 0 Å². The monoisotopic (exact) mass is 414 g/mol. The van der Waals surface area contributed by atoms with Crippen LogP contribution in [0.4, 0.5) is 0 Å². The van der Waals surface area contributed by atoms with Crippen molar-refractivity contribution in [2.75, 3.05) is 0 Å². The molecule has 0 bridgehead atoms. The van der Waals surface area contributed by atoms with Gasteiger partial charge in [-0.25, -0.2) is 0 Å². The van der Waals surface area contributed by atoms with E-state index in [0.29, 0.717) is 0 Å². The minimum absolute atomic E-state index is 0. The molecule has 3 rings (SSSR count). The fourth-order valence-electron chi connectivity index (χ4n) is 2.18. The third-order valence-electron chi connectivity index (χ3n) is 3.04. The van der Waals surface area contributed by atoms with Crippen LogP contribution in [0.3, 0.4) is 0 Å². The Morgan fingerprint density at radius 3 is 0.900 bits per heavy atom. The van der Waals surface area contributed by atoms with E-state index in [-0.39, 0.29) is 40.4 Å². The minimum atomic E-state index is -0.446. The van der Waals surface area contributed by atoms with Crippen molar-refractivity contribution in [3.8, 4) is 0 Å². The molecule has 0 fully saturated rings. The summed E-state index contributed by atoms with van der Waals surface area (Å²) in [5.74, 6) is 0. The summed E-state index contributed by atoms with van der Waals surface area (Å²) in [7, 11) is -0.446. The summed E-state index contributed by atoms with van der Waals surface area (Å²) in [5, 5.41) is 4.19. The van der Waals surface area contributed by atoms with Gasteiger partial charge in [0.1, 0.15) is 0 Å². The van der Waals surface area contributed by atoms with Crippen molar-refractivity contribution in [2.24, 2.45) is 0 Å². The zero-order chi connectivity index (χ0) is 12.9. The van der Waals surface area contributed by atoms with Crippen LogP contribution in [0.15, 0.2) is 91.0 Å². The fourth-order valence-corrected chi connectivity index (χ4v) is 4.48. The van der Waals surface area contributed by atoms with E-state index in [9.17, 15) is 0 Å². The summed E-state index contributed by atoms with van der Waals surface area (Å²) in [6.45, 7) is 0. The number of benzene rings is 3. The van der Waals surface area contributed by atoms with E-state index in [1.165, 1.54) is 15.9 Å². The van der Waals surface area contributed by atoms with E-state index in [4.69, 9.17) is 0 Å². The summed E-state index contributed by atoms with van der Waals surface area (Å²) in [6.07, 6.45) is 0. The van der Waals surface area contributed by atoms with Crippen molar-refractivity contribution in [1.82, 2.24) is 0 Å². The van der Waals surface area contributed by atoms with Crippen LogP contribution in [0.25, 0.3) is 0 Å². The Morgan fingerprint density at radius 1 is 0.400 bits per heavy atom. The predicted octanol–water partition coefficient (Wildman–Crippen LogP) is 3.44. The van der Waals surface area contributed by atoms with Gasteiger partial charge in [-0.3, -0.25) is 0 Å². The van der Waals surface area contributed by atoms with Crippen LogP contribution >= 0.6 is 7.92 Å².